The third kappa shape index (κ3) is 3.68. The minimum Gasteiger partial charge on any atom is -0.369 e. The van der Waals surface area contributed by atoms with E-state index in [1.807, 2.05) is 12.1 Å². The predicted octanol–water partition coefficient (Wildman–Crippen LogP) is 2.17. The van der Waals surface area contributed by atoms with Crippen molar-refractivity contribution >= 4 is 5.69 Å². The highest BCUT2D eigenvalue weighted by Crippen LogP contribution is 2.24. The van der Waals surface area contributed by atoms with Gasteiger partial charge in [0.15, 0.2) is 5.69 Å². The molecule has 1 aromatic rings. The number of aromatic nitrogens is 1. The average molecular weight is 258 g/mol. The molecule has 1 aromatic heterocycles. The summed E-state index contributed by atoms with van der Waals surface area (Å²) in [5.74, 6) is 0.655. The van der Waals surface area contributed by atoms with Crippen LogP contribution in [0, 0.1) is 17.2 Å². The summed E-state index contributed by atoms with van der Waals surface area (Å²) in [4.78, 5) is 6.46. The van der Waals surface area contributed by atoms with Crippen LogP contribution in [0.3, 0.4) is 0 Å². The summed E-state index contributed by atoms with van der Waals surface area (Å²) in [5.41, 5.74) is 1.53. The Kier molecular flexibility index (Phi) is 4.75. The van der Waals surface area contributed by atoms with Crippen LogP contribution in [-0.4, -0.2) is 30.7 Å². The Bertz CT molecular complexity index is 450. The molecule has 1 saturated heterocycles. The second-order valence-corrected chi connectivity index (χ2v) is 5.50. The maximum absolute atomic E-state index is 9.14. The monoisotopic (exact) mass is 258 g/mol. The standard InChI is InChI=1S/C15H22N4/c1-12(2)18-10-13-5-4-8-19(11-13)15-6-3-7-17-14(15)9-16/h3,6-7,12-13,18H,4-5,8,10-11H2,1-2H3. The van der Waals surface area contributed by atoms with Gasteiger partial charge in [-0.05, 0) is 37.4 Å². The molecule has 1 aliphatic heterocycles. The van der Waals surface area contributed by atoms with E-state index < -0.39 is 0 Å². The third-order valence-electron chi connectivity index (χ3n) is 3.57. The zero-order valence-electron chi connectivity index (χ0n) is 11.8. The first-order valence-corrected chi connectivity index (χ1v) is 7.04. The number of hydrogen-bond donors (Lipinski definition) is 1. The molecule has 19 heavy (non-hydrogen) atoms. The number of hydrogen-bond acceptors (Lipinski definition) is 4. The summed E-state index contributed by atoms with van der Waals surface area (Å²) in [7, 11) is 0. The summed E-state index contributed by atoms with van der Waals surface area (Å²) in [6.45, 7) is 7.44. The van der Waals surface area contributed by atoms with E-state index in [0.29, 0.717) is 17.7 Å². The van der Waals surface area contributed by atoms with Crippen molar-refractivity contribution in [1.29, 1.82) is 5.26 Å². The first kappa shape index (κ1) is 13.8. The number of nitrogens with zero attached hydrogens (tertiary/aromatic N) is 3. The molecular formula is C15H22N4. The lowest BCUT2D eigenvalue weighted by atomic mass is 9.97. The van der Waals surface area contributed by atoms with Crippen LogP contribution in [0.25, 0.3) is 0 Å². The molecule has 1 unspecified atom stereocenters. The molecule has 1 fully saturated rings. The van der Waals surface area contributed by atoms with Gasteiger partial charge >= 0.3 is 0 Å². The van der Waals surface area contributed by atoms with E-state index in [0.717, 1.165) is 25.3 Å². The van der Waals surface area contributed by atoms with Crippen LogP contribution in [-0.2, 0) is 0 Å². The molecule has 0 aromatic carbocycles. The zero-order chi connectivity index (χ0) is 13.7. The van der Waals surface area contributed by atoms with E-state index in [2.05, 4.69) is 35.1 Å². The van der Waals surface area contributed by atoms with Crippen LogP contribution in [0.1, 0.15) is 32.4 Å². The van der Waals surface area contributed by atoms with Gasteiger partial charge in [-0.2, -0.15) is 5.26 Å². The molecule has 1 N–H and O–H groups in total. The van der Waals surface area contributed by atoms with Gasteiger partial charge < -0.3 is 10.2 Å². The summed E-state index contributed by atoms with van der Waals surface area (Å²) >= 11 is 0. The first-order valence-electron chi connectivity index (χ1n) is 7.04. The lowest BCUT2D eigenvalue weighted by molar-refractivity contribution is 0.379. The summed E-state index contributed by atoms with van der Waals surface area (Å²) < 4.78 is 0. The van der Waals surface area contributed by atoms with E-state index in [-0.39, 0.29) is 0 Å². The topological polar surface area (TPSA) is 52.0 Å². The molecule has 2 heterocycles. The molecule has 1 atom stereocenters. The average Bonchev–Trinajstić information content (AvgIpc) is 2.45. The molecule has 0 spiro atoms. The van der Waals surface area contributed by atoms with Crippen LogP contribution in [0.4, 0.5) is 5.69 Å². The van der Waals surface area contributed by atoms with Gasteiger partial charge in [-0.1, -0.05) is 13.8 Å². The largest absolute Gasteiger partial charge is 0.369 e. The molecule has 2 rings (SSSR count). The van der Waals surface area contributed by atoms with Crippen LogP contribution in [0.5, 0.6) is 0 Å². The normalized spacial score (nSPS) is 19.5. The van der Waals surface area contributed by atoms with Gasteiger partial charge in [0.05, 0.1) is 5.69 Å². The summed E-state index contributed by atoms with van der Waals surface area (Å²) in [5, 5.41) is 12.6. The Hall–Kier alpha value is -1.60. The van der Waals surface area contributed by atoms with Crippen LogP contribution in [0.2, 0.25) is 0 Å². The highest BCUT2D eigenvalue weighted by molar-refractivity contribution is 5.55. The smallest absolute Gasteiger partial charge is 0.163 e. The van der Waals surface area contributed by atoms with Crippen molar-refractivity contribution in [1.82, 2.24) is 10.3 Å². The van der Waals surface area contributed by atoms with Crippen molar-refractivity contribution in [3.8, 4) is 6.07 Å². The fourth-order valence-corrected chi connectivity index (χ4v) is 2.59. The quantitative estimate of drug-likeness (QED) is 0.899. The molecule has 0 bridgehead atoms. The third-order valence-corrected chi connectivity index (χ3v) is 3.57. The number of pyridine rings is 1. The van der Waals surface area contributed by atoms with Crippen molar-refractivity contribution in [2.24, 2.45) is 5.92 Å². The minimum absolute atomic E-state index is 0.531. The van der Waals surface area contributed by atoms with Gasteiger partial charge in [0.2, 0.25) is 0 Å². The summed E-state index contributed by atoms with van der Waals surface area (Å²) in [6.07, 6.45) is 4.13. The van der Waals surface area contributed by atoms with E-state index in [1.165, 1.54) is 12.8 Å². The number of nitrogens with one attached hydrogen (secondary N) is 1. The second kappa shape index (κ2) is 6.53. The highest BCUT2D eigenvalue weighted by Gasteiger charge is 2.22. The van der Waals surface area contributed by atoms with Crippen molar-refractivity contribution < 1.29 is 0 Å². The second-order valence-electron chi connectivity index (χ2n) is 5.50. The lowest BCUT2D eigenvalue weighted by Gasteiger charge is -2.35. The van der Waals surface area contributed by atoms with Gasteiger partial charge in [0.1, 0.15) is 6.07 Å². The van der Waals surface area contributed by atoms with Gasteiger partial charge in [0.25, 0.3) is 0 Å². The van der Waals surface area contributed by atoms with E-state index >= 15 is 0 Å². The highest BCUT2D eigenvalue weighted by atomic mass is 15.1. The van der Waals surface area contributed by atoms with Gasteiger partial charge in [-0.3, -0.25) is 0 Å². The maximum atomic E-state index is 9.14. The molecule has 4 heteroatoms. The molecule has 102 valence electrons. The van der Waals surface area contributed by atoms with Crippen LogP contribution < -0.4 is 10.2 Å². The van der Waals surface area contributed by atoms with E-state index in [1.54, 1.807) is 6.20 Å². The fourth-order valence-electron chi connectivity index (χ4n) is 2.59. The number of anilines is 1. The SMILES string of the molecule is CC(C)NCC1CCCN(c2cccnc2C#N)C1. The Morgan fingerprint density at radius 3 is 3.16 bits per heavy atom. The van der Waals surface area contributed by atoms with Crippen LogP contribution in [0.15, 0.2) is 18.3 Å². The molecule has 0 aliphatic carbocycles. The van der Waals surface area contributed by atoms with Gasteiger partial charge in [0, 0.05) is 25.3 Å². The van der Waals surface area contributed by atoms with E-state index in [9.17, 15) is 0 Å². The minimum atomic E-state index is 0.531. The lowest BCUT2D eigenvalue weighted by Crippen LogP contribution is -2.41. The molecule has 1 aliphatic rings. The first-order chi connectivity index (χ1) is 9.20. The van der Waals surface area contributed by atoms with Crippen molar-refractivity contribution in [3.63, 3.8) is 0 Å². The fraction of sp³-hybridized carbons (Fsp3) is 0.600. The molecule has 0 saturated carbocycles. The van der Waals surface area contributed by atoms with Crippen LogP contribution >= 0.6 is 0 Å². The maximum Gasteiger partial charge on any atom is 0.163 e. The molecule has 0 radical (unpaired) electrons. The molecule has 4 nitrogen and oxygen atoms in total. The zero-order valence-corrected chi connectivity index (χ0v) is 11.8. The van der Waals surface area contributed by atoms with Gasteiger partial charge in [-0.25, -0.2) is 4.98 Å². The molecular weight excluding hydrogens is 236 g/mol. The number of piperidine rings is 1. The predicted molar refractivity (Wildman–Crippen MR) is 77.0 cm³/mol. The Morgan fingerprint density at radius 2 is 2.42 bits per heavy atom. The Balaban J connectivity index is 2.03. The number of nitriles is 1. The summed E-state index contributed by atoms with van der Waals surface area (Å²) in [6, 6.07) is 6.63. The van der Waals surface area contributed by atoms with Crippen molar-refractivity contribution in [2.75, 3.05) is 24.5 Å². The van der Waals surface area contributed by atoms with Crippen molar-refractivity contribution in [3.05, 3.63) is 24.0 Å². The molecule has 0 amide bonds. The van der Waals surface area contributed by atoms with Crippen molar-refractivity contribution in [2.45, 2.75) is 32.7 Å². The van der Waals surface area contributed by atoms with E-state index in [4.69, 9.17) is 5.26 Å². The Labute approximate surface area is 115 Å². The van der Waals surface area contributed by atoms with Gasteiger partial charge in [-0.15, -0.1) is 0 Å². The Morgan fingerprint density at radius 1 is 1.58 bits per heavy atom. The number of rotatable bonds is 4.